The highest BCUT2D eigenvalue weighted by Crippen LogP contribution is 2.65. The molecule has 2 aliphatic carbocycles. The smallest absolute Gasteiger partial charge is 0.105 e. The Balaban J connectivity index is 1.68. The first-order valence-corrected chi connectivity index (χ1v) is 8.69. The fourth-order valence-electron chi connectivity index (χ4n) is 3.80. The Morgan fingerprint density at radius 2 is 2.00 bits per heavy atom. The van der Waals surface area contributed by atoms with Gasteiger partial charge >= 0.3 is 0 Å². The van der Waals surface area contributed by atoms with Crippen molar-refractivity contribution in [3.63, 3.8) is 0 Å². The predicted octanol–water partition coefficient (Wildman–Crippen LogP) is 3.55. The summed E-state index contributed by atoms with van der Waals surface area (Å²) in [6.07, 6.45) is 6.36. The monoisotopic (exact) mass is 266 g/mol. The summed E-state index contributed by atoms with van der Waals surface area (Å²) in [6, 6.07) is 2.32. The number of aliphatic hydroxyl groups is 1. The molecule has 3 heteroatoms. The fraction of sp³-hybridized carbons (Fsp3) is 0.714. The van der Waals surface area contributed by atoms with Gasteiger partial charge in [0, 0.05) is 15.5 Å². The lowest BCUT2D eigenvalue weighted by molar-refractivity contribution is 0.122. The number of thioether (sulfide) groups is 1. The van der Waals surface area contributed by atoms with Gasteiger partial charge in [-0.15, -0.1) is 11.3 Å². The number of rotatable bonds is 1. The molecular weight excluding hydrogens is 248 g/mol. The van der Waals surface area contributed by atoms with E-state index in [2.05, 4.69) is 6.07 Å². The van der Waals surface area contributed by atoms with E-state index in [9.17, 15) is 5.11 Å². The molecule has 0 saturated heterocycles. The van der Waals surface area contributed by atoms with Gasteiger partial charge < -0.3 is 5.11 Å². The molecule has 2 unspecified atom stereocenters. The van der Waals surface area contributed by atoms with E-state index in [1.807, 2.05) is 23.1 Å². The number of hydrogen-bond donors (Lipinski definition) is 1. The van der Waals surface area contributed by atoms with Crippen LogP contribution < -0.4 is 0 Å². The van der Waals surface area contributed by atoms with E-state index in [1.54, 1.807) is 4.88 Å². The van der Waals surface area contributed by atoms with Crippen molar-refractivity contribution in [2.45, 2.75) is 43.5 Å². The Bertz CT molecular complexity index is 416. The van der Waals surface area contributed by atoms with E-state index in [4.69, 9.17) is 0 Å². The minimum absolute atomic E-state index is 0.414. The third-order valence-electron chi connectivity index (χ3n) is 4.81. The SMILES string of the molecule is OC1(c2cc3c(s2)CCSC3)C2CCCCC21. The Kier molecular flexibility index (Phi) is 2.40. The Morgan fingerprint density at radius 3 is 2.71 bits per heavy atom. The Morgan fingerprint density at radius 1 is 1.24 bits per heavy atom. The molecule has 1 N–H and O–H groups in total. The van der Waals surface area contributed by atoms with Crippen LogP contribution in [0.15, 0.2) is 6.07 Å². The minimum Gasteiger partial charge on any atom is -0.384 e. The second-order valence-electron chi connectivity index (χ2n) is 5.68. The highest BCUT2D eigenvalue weighted by molar-refractivity contribution is 7.98. The molecule has 2 fully saturated rings. The van der Waals surface area contributed by atoms with Gasteiger partial charge in [-0.25, -0.2) is 0 Å². The highest BCUT2D eigenvalue weighted by atomic mass is 32.2. The maximum absolute atomic E-state index is 10.9. The minimum atomic E-state index is -0.414. The van der Waals surface area contributed by atoms with Crippen LogP contribution >= 0.6 is 23.1 Å². The van der Waals surface area contributed by atoms with Crippen molar-refractivity contribution in [3.05, 3.63) is 21.4 Å². The molecule has 0 bridgehead atoms. The number of fused-ring (bicyclic) bond motifs is 2. The fourth-order valence-corrected chi connectivity index (χ4v) is 6.39. The quantitative estimate of drug-likeness (QED) is 0.839. The molecule has 2 heterocycles. The van der Waals surface area contributed by atoms with Crippen LogP contribution in [0.5, 0.6) is 0 Å². The first kappa shape index (κ1) is 10.9. The highest BCUT2D eigenvalue weighted by Gasteiger charge is 2.65. The van der Waals surface area contributed by atoms with Gasteiger partial charge in [0.05, 0.1) is 0 Å². The van der Waals surface area contributed by atoms with Crippen molar-refractivity contribution in [3.8, 4) is 0 Å². The van der Waals surface area contributed by atoms with Crippen LogP contribution in [0, 0.1) is 11.8 Å². The first-order valence-electron chi connectivity index (χ1n) is 6.72. The molecule has 0 radical (unpaired) electrons. The average Bonchev–Trinajstić information content (AvgIpc) is 2.80. The summed E-state index contributed by atoms with van der Waals surface area (Å²) in [5, 5.41) is 10.9. The molecule has 92 valence electrons. The van der Waals surface area contributed by atoms with E-state index in [0.717, 1.165) is 5.75 Å². The third kappa shape index (κ3) is 1.48. The average molecular weight is 266 g/mol. The van der Waals surface area contributed by atoms with Crippen molar-refractivity contribution in [1.29, 1.82) is 0 Å². The van der Waals surface area contributed by atoms with Crippen LogP contribution in [-0.4, -0.2) is 10.9 Å². The summed E-state index contributed by atoms with van der Waals surface area (Å²) in [6.45, 7) is 0. The number of thiophene rings is 1. The summed E-state index contributed by atoms with van der Waals surface area (Å²) >= 11 is 3.94. The molecule has 3 aliphatic rings. The standard InChI is InChI=1S/C14H18OS2/c15-14(10-3-1-2-4-11(10)14)13-7-9-8-16-6-5-12(9)17-13/h7,10-11,15H,1-6,8H2. The van der Waals surface area contributed by atoms with Crippen LogP contribution in [0.4, 0.5) is 0 Å². The molecule has 2 saturated carbocycles. The van der Waals surface area contributed by atoms with Gasteiger partial charge in [-0.2, -0.15) is 11.8 Å². The lowest BCUT2D eigenvalue weighted by Crippen LogP contribution is -2.07. The summed E-state index contributed by atoms with van der Waals surface area (Å²) in [5.41, 5.74) is 1.10. The summed E-state index contributed by atoms with van der Waals surface area (Å²) < 4.78 is 0. The molecule has 17 heavy (non-hydrogen) atoms. The molecular formula is C14H18OS2. The molecule has 1 aliphatic heterocycles. The number of aryl methyl sites for hydroxylation is 1. The van der Waals surface area contributed by atoms with Gasteiger partial charge in [0.25, 0.3) is 0 Å². The second-order valence-corrected chi connectivity index (χ2v) is 7.93. The summed E-state index contributed by atoms with van der Waals surface area (Å²) in [4.78, 5) is 2.85. The largest absolute Gasteiger partial charge is 0.384 e. The predicted molar refractivity (Wildman–Crippen MR) is 73.5 cm³/mol. The lowest BCUT2D eigenvalue weighted by atomic mass is 10.0. The van der Waals surface area contributed by atoms with Crippen molar-refractivity contribution < 1.29 is 5.11 Å². The summed E-state index contributed by atoms with van der Waals surface area (Å²) in [5.74, 6) is 3.60. The summed E-state index contributed by atoms with van der Waals surface area (Å²) in [7, 11) is 0. The molecule has 4 rings (SSSR count). The van der Waals surface area contributed by atoms with E-state index >= 15 is 0 Å². The molecule has 0 spiro atoms. The molecule has 1 aromatic rings. The van der Waals surface area contributed by atoms with Crippen LogP contribution in [0.25, 0.3) is 0 Å². The van der Waals surface area contributed by atoms with Crippen molar-refractivity contribution in [1.82, 2.24) is 0 Å². The van der Waals surface area contributed by atoms with E-state index < -0.39 is 5.60 Å². The van der Waals surface area contributed by atoms with Gasteiger partial charge in [-0.1, -0.05) is 12.8 Å². The zero-order valence-electron chi connectivity index (χ0n) is 9.95. The molecule has 1 aromatic heterocycles. The van der Waals surface area contributed by atoms with Crippen LogP contribution in [0.3, 0.4) is 0 Å². The molecule has 2 atom stereocenters. The molecule has 0 aromatic carbocycles. The maximum Gasteiger partial charge on any atom is 0.105 e. The number of hydrogen-bond acceptors (Lipinski definition) is 3. The maximum atomic E-state index is 10.9. The second kappa shape index (κ2) is 3.75. The zero-order valence-corrected chi connectivity index (χ0v) is 11.6. The molecule has 1 nitrogen and oxygen atoms in total. The van der Waals surface area contributed by atoms with Crippen LogP contribution in [0.1, 0.15) is 41.0 Å². The first-order chi connectivity index (χ1) is 8.30. The lowest BCUT2D eigenvalue weighted by Gasteiger charge is -2.08. The van der Waals surface area contributed by atoms with Crippen LogP contribution in [0.2, 0.25) is 0 Å². The normalized spacial score (nSPS) is 39.6. The van der Waals surface area contributed by atoms with Gasteiger partial charge in [0.2, 0.25) is 0 Å². The molecule has 0 amide bonds. The van der Waals surface area contributed by atoms with E-state index in [-0.39, 0.29) is 0 Å². The topological polar surface area (TPSA) is 20.2 Å². The van der Waals surface area contributed by atoms with Crippen LogP contribution in [-0.2, 0) is 17.8 Å². The van der Waals surface area contributed by atoms with Crippen molar-refractivity contribution in [2.24, 2.45) is 11.8 Å². The Hall–Kier alpha value is 0.01000. The van der Waals surface area contributed by atoms with Gasteiger partial charge in [0.15, 0.2) is 0 Å². The van der Waals surface area contributed by atoms with Gasteiger partial charge in [0.1, 0.15) is 5.60 Å². The van der Waals surface area contributed by atoms with E-state index in [1.165, 1.54) is 48.3 Å². The van der Waals surface area contributed by atoms with Crippen molar-refractivity contribution in [2.75, 3.05) is 5.75 Å². The van der Waals surface area contributed by atoms with Crippen molar-refractivity contribution >= 4 is 23.1 Å². The van der Waals surface area contributed by atoms with Gasteiger partial charge in [-0.3, -0.25) is 0 Å². The zero-order chi connectivity index (χ0) is 11.5. The Labute approximate surface area is 111 Å². The van der Waals surface area contributed by atoms with Gasteiger partial charge in [-0.05, 0) is 48.5 Å². The third-order valence-corrected chi connectivity index (χ3v) is 7.20. The van der Waals surface area contributed by atoms with E-state index in [0.29, 0.717) is 11.8 Å².